The molecule has 2 nitrogen and oxygen atoms in total. The topological polar surface area (TPSA) is 23.5 Å². The summed E-state index contributed by atoms with van der Waals surface area (Å²) >= 11 is 0. The van der Waals surface area contributed by atoms with E-state index in [1.54, 1.807) is 0 Å². The monoisotopic (exact) mass is 239 g/mol. The third kappa shape index (κ3) is 4.29. The van der Waals surface area contributed by atoms with Gasteiger partial charge in [-0.15, -0.1) is 0 Å². The normalized spacial score (nSPS) is 33.0. The zero-order valence-electron chi connectivity index (χ0n) is 9.85. The Balaban J connectivity index is 2.35. The Labute approximate surface area is 94.4 Å². The smallest absolute Gasteiger partial charge is 0.389 e. The average molecular weight is 239 g/mol. The minimum Gasteiger partial charge on any atom is -0.390 e. The Bertz CT molecular complexity index is 232. The number of alkyl halides is 3. The second-order valence-electron chi connectivity index (χ2n) is 4.98. The molecular formula is C11H20F3NO. The molecule has 2 unspecified atom stereocenters. The molecule has 0 aromatic heterocycles. The summed E-state index contributed by atoms with van der Waals surface area (Å²) in [4.78, 5) is 2.12. The molecule has 0 bridgehead atoms. The predicted octanol–water partition coefficient (Wildman–Crippen LogP) is 2.56. The van der Waals surface area contributed by atoms with Crippen LogP contribution in [0.5, 0.6) is 0 Å². The summed E-state index contributed by atoms with van der Waals surface area (Å²) in [5.74, 6) is 0. The van der Waals surface area contributed by atoms with E-state index in [1.807, 2.05) is 14.0 Å². The Morgan fingerprint density at radius 1 is 1.44 bits per heavy atom. The molecule has 1 fully saturated rings. The lowest BCUT2D eigenvalue weighted by molar-refractivity contribution is -0.139. The van der Waals surface area contributed by atoms with Gasteiger partial charge in [0.15, 0.2) is 0 Å². The van der Waals surface area contributed by atoms with Crippen molar-refractivity contribution in [1.82, 2.24) is 4.90 Å². The van der Waals surface area contributed by atoms with E-state index in [4.69, 9.17) is 0 Å². The van der Waals surface area contributed by atoms with Gasteiger partial charge >= 0.3 is 6.18 Å². The highest BCUT2D eigenvalue weighted by Gasteiger charge is 2.36. The van der Waals surface area contributed by atoms with Crippen LogP contribution < -0.4 is 0 Å². The number of likely N-dealkylation sites (tertiary alicyclic amines) is 1. The molecule has 0 aromatic rings. The van der Waals surface area contributed by atoms with Gasteiger partial charge in [-0.25, -0.2) is 0 Å². The van der Waals surface area contributed by atoms with Crippen LogP contribution in [0.25, 0.3) is 0 Å². The standard InChI is InChI=1S/C11H20F3NO/c1-9-8-10(16,6-7-15(9)2)4-3-5-11(12,13)14/h9,16H,3-8H2,1-2H3. The van der Waals surface area contributed by atoms with Gasteiger partial charge in [-0.1, -0.05) is 0 Å². The number of aliphatic hydroxyl groups is 1. The summed E-state index contributed by atoms with van der Waals surface area (Å²) in [6.07, 6.45) is -3.47. The van der Waals surface area contributed by atoms with E-state index in [9.17, 15) is 18.3 Å². The predicted molar refractivity (Wildman–Crippen MR) is 56.2 cm³/mol. The van der Waals surface area contributed by atoms with Crippen molar-refractivity contribution >= 4 is 0 Å². The molecule has 96 valence electrons. The maximum atomic E-state index is 12.0. The first-order valence-electron chi connectivity index (χ1n) is 5.71. The molecule has 1 N–H and O–H groups in total. The van der Waals surface area contributed by atoms with E-state index in [2.05, 4.69) is 4.90 Å². The van der Waals surface area contributed by atoms with Crippen LogP contribution in [0.4, 0.5) is 13.2 Å². The molecule has 5 heteroatoms. The molecule has 0 aliphatic carbocycles. The van der Waals surface area contributed by atoms with Crippen LogP contribution in [-0.2, 0) is 0 Å². The molecule has 1 rings (SSSR count). The second kappa shape index (κ2) is 4.92. The molecule has 0 amide bonds. The van der Waals surface area contributed by atoms with Crippen molar-refractivity contribution in [2.45, 2.75) is 56.8 Å². The van der Waals surface area contributed by atoms with Gasteiger partial charge in [0.05, 0.1) is 5.60 Å². The van der Waals surface area contributed by atoms with Crippen molar-refractivity contribution < 1.29 is 18.3 Å². The lowest BCUT2D eigenvalue weighted by Crippen LogP contribution is -2.47. The molecule has 0 spiro atoms. The van der Waals surface area contributed by atoms with Crippen molar-refractivity contribution in [3.8, 4) is 0 Å². The first kappa shape index (κ1) is 13.8. The number of hydrogen-bond acceptors (Lipinski definition) is 2. The summed E-state index contributed by atoms with van der Waals surface area (Å²) in [7, 11) is 1.97. The summed E-state index contributed by atoms with van der Waals surface area (Å²) in [5, 5.41) is 10.2. The lowest BCUT2D eigenvalue weighted by Gasteiger charge is -2.41. The molecule has 1 aliphatic rings. The number of halogens is 3. The van der Waals surface area contributed by atoms with Crippen molar-refractivity contribution in [2.24, 2.45) is 0 Å². The Morgan fingerprint density at radius 2 is 2.06 bits per heavy atom. The van der Waals surface area contributed by atoms with Crippen molar-refractivity contribution in [3.63, 3.8) is 0 Å². The fourth-order valence-corrected chi connectivity index (χ4v) is 2.26. The summed E-state index contributed by atoms with van der Waals surface area (Å²) in [6, 6.07) is 0.240. The molecule has 0 radical (unpaired) electrons. The molecule has 1 aliphatic heterocycles. The zero-order valence-corrected chi connectivity index (χ0v) is 9.85. The fraction of sp³-hybridized carbons (Fsp3) is 1.00. The molecule has 1 heterocycles. The van der Waals surface area contributed by atoms with E-state index in [-0.39, 0.29) is 18.9 Å². The average Bonchev–Trinajstić information content (AvgIpc) is 2.10. The molecule has 2 atom stereocenters. The highest BCUT2D eigenvalue weighted by Crippen LogP contribution is 2.32. The molecule has 16 heavy (non-hydrogen) atoms. The third-order valence-corrected chi connectivity index (χ3v) is 3.46. The first-order chi connectivity index (χ1) is 7.22. The van der Waals surface area contributed by atoms with Crippen LogP contribution in [0.1, 0.15) is 39.0 Å². The van der Waals surface area contributed by atoms with Gasteiger partial charge in [-0.2, -0.15) is 13.2 Å². The summed E-state index contributed by atoms with van der Waals surface area (Å²) < 4.78 is 36.0. The van der Waals surface area contributed by atoms with Crippen LogP contribution in [-0.4, -0.2) is 41.4 Å². The van der Waals surface area contributed by atoms with Gasteiger partial charge in [0.25, 0.3) is 0 Å². The Kier molecular flexibility index (Phi) is 4.23. The summed E-state index contributed by atoms with van der Waals surface area (Å²) in [6.45, 7) is 2.75. The summed E-state index contributed by atoms with van der Waals surface area (Å²) in [5.41, 5.74) is -0.892. The van der Waals surface area contributed by atoms with Crippen LogP contribution in [0.2, 0.25) is 0 Å². The fourth-order valence-electron chi connectivity index (χ4n) is 2.26. The molecule has 0 saturated carbocycles. The number of piperidine rings is 1. The van der Waals surface area contributed by atoms with E-state index in [0.29, 0.717) is 12.8 Å². The third-order valence-electron chi connectivity index (χ3n) is 3.46. The highest BCUT2D eigenvalue weighted by molar-refractivity contribution is 4.89. The minimum atomic E-state index is -4.10. The number of nitrogens with zero attached hydrogens (tertiary/aromatic N) is 1. The van der Waals surface area contributed by atoms with E-state index in [1.165, 1.54) is 0 Å². The second-order valence-corrected chi connectivity index (χ2v) is 4.98. The largest absolute Gasteiger partial charge is 0.390 e. The van der Waals surface area contributed by atoms with Gasteiger partial charge in [0.1, 0.15) is 0 Å². The SMILES string of the molecule is CC1CC(O)(CCCC(F)(F)F)CCN1C. The first-order valence-corrected chi connectivity index (χ1v) is 5.71. The van der Waals surface area contributed by atoms with Crippen LogP contribution >= 0.6 is 0 Å². The van der Waals surface area contributed by atoms with Crippen molar-refractivity contribution in [1.29, 1.82) is 0 Å². The van der Waals surface area contributed by atoms with Crippen molar-refractivity contribution in [2.75, 3.05) is 13.6 Å². The molecule has 1 saturated heterocycles. The van der Waals surface area contributed by atoms with Gasteiger partial charge in [-0.3, -0.25) is 0 Å². The minimum absolute atomic E-state index is 0.0242. The number of hydrogen-bond donors (Lipinski definition) is 1. The lowest BCUT2D eigenvalue weighted by atomic mass is 9.83. The van der Waals surface area contributed by atoms with Gasteiger partial charge in [0, 0.05) is 19.0 Å². The van der Waals surface area contributed by atoms with Crippen LogP contribution in [0, 0.1) is 0 Å². The maximum Gasteiger partial charge on any atom is 0.389 e. The Morgan fingerprint density at radius 3 is 2.56 bits per heavy atom. The van der Waals surface area contributed by atoms with Crippen molar-refractivity contribution in [3.05, 3.63) is 0 Å². The van der Waals surface area contributed by atoms with Gasteiger partial charge in [0.2, 0.25) is 0 Å². The zero-order chi connectivity index (χ0) is 12.4. The van der Waals surface area contributed by atoms with Gasteiger partial charge < -0.3 is 10.0 Å². The van der Waals surface area contributed by atoms with E-state index in [0.717, 1.165) is 6.54 Å². The van der Waals surface area contributed by atoms with Crippen LogP contribution in [0.3, 0.4) is 0 Å². The highest BCUT2D eigenvalue weighted by atomic mass is 19.4. The van der Waals surface area contributed by atoms with E-state index >= 15 is 0 Å². The van der Waals surface area contributed by atoms with E-state index < -0.39 is 18.2 Å². The van der Waals surface area contributed by atoms with Crippen LogP contribution in [0.15, 0.2) is 0 Å². The number of rotatable bonds is 3. The molecular weight excluding hydrogens is 219 g/mol. The maximum absolute atomic E-state index is 12.0. The van der Waals surface area contributed by atoms with Gasteiger partial charge in [-0.05, 0) is 39.7 Å². The Hall–Kier alpha value is -0.290. The quantitative estimate of drug-likeness (QED) is 0.818. The molecule has 0 aromatic carbocycles.